The topological polar surface area (TPSA) is 103 Å². The number of nitrogens with zero attached hydrogens (tertiary/aromatic N) is 4. The first-order valence-corrected chi connectivity index (χ1v) is 12.7. The molecule has 4 rings (SSSR count). The van der Waals surface area contributed by atoms with Crippen LogP contribution in [0.15, 0.2) is 36.4 Å². The van der Waals surface area contributed by atoms with E-state index in [0.717, 1.165) is 22.8 Å². The molecule has 11 heteroatoms. The van der Waals surface area contributed by atoms with Crippen LogP contribution in [-0.2, 0) is 19.8 Å². The van der Waals surface area contributed by atoms with Crippen LogP contribution in [-0.4, -0.2) is 36.2 Å². The Kier molecular flexibility index (Phi) is 6.13. The highest BCUT2D eigenvalue weighted by Gasteiger charge is 2.32. The van der Waals surface area contributed by atoms with Crippen LogP contribution in [0.1, 0.15) is 40.4 Å². The third kappa shape index (κ3) is 5.06. The average molecular weight is 489 g/mol. The smallest absolute Gasteiger partial charge is 0.286 e. The number of aromatic amines is 1. The lowest BCUT2D eigenvalue weighted by Crippen LogP contribution is -2.46. The van der Waals surface area contributed by atoms with Gasteiger partial charge in [0.15, 0.2) is 5.82 Å². The number of aromatic nitrogens is 3. The second-order valence-corrected chi connectivity index (χ2v) is 11.3. The van der Waals surface area contributed by atoms with Crippen molar-refractivity contribution in [2.75, 3.05) is 23.0 Å². The van der Waals surface area contributed by atoms with Crippen LogP contribution >= 0.6 is 0 Å². The maximum absolute atomic E-state index is 13.6. The number of imidazole rings is 1. The van der Waals surface area contributed by atoms with Gasteiger partial charge >= 0.3 is 0 Å². The minimum atomic E-state index is -3.76. The summed E-state index contributed by atoms with van der Waals surface area (Å²) in [5, 5.41) is 2.84. The third-order valence-corrected chi connectivity index (χ3v) is 5.51. The van der Waals surface area contributed by atoms with E-state index in [1.165, 1.54) is 12.1 Å². The van der Waals surface area contributed by atoms with Crippen molar-refractivity contribution in [2.45, 2.75) is 40.0 Å². The molecule has 0 aliphatic carbocycles. The van der Waals surface area contributed by atoms with Crippen LogP contribution < -0.4 is 15.7 Å². The van der Waals surface area contributed by atoms with E-state index in [-0.39, 0.29) is 17.2 Å². The predicted octanol–water partition coefficient (Wildman–Crippen LogP) is 4.17. The second-order valence-electron chi connectivity index (χ2n) is 9.78. The molecule has 0 radical (unpaired) electrons. The number of anilines is 2. The van der Waals surface area contributed by atoms with E-state index in [0.29, 0.717) is 35.1 Å². The minimum absolute atomic E-state index is 0.255. The van der Waals surface area contributed by atoms with Gasteiger partial charge in [-0.2, -0.15) is 8.42 Å². The number of H-pyrrole nitrogens is 1. The quantitative estimate of drug-likeness (QED) is 0.533. The number of halogens is 1. The van der Waals surface area contributed by atoms with Gasteiger partial charge in [0, 0.05) is 17.5 Å². The molecule has 0 unspecified atom stereocenters. The van der Waals surface area contributed by atoms with Gasteiger partial charge in [-0.15, -0.1) is 15.0 Å². The minimum Gasteiger partial charge on any atom is -0.340 e. The molecular weight excluding hydrogens is 459 g/mol. The van der Waals surface area contributed by atoms with Crippen LogP contribution in [0.2, 0.25) is 0 Å². The lowest BCUT2D eigenvalue weighted by Gasteiger charge is -2.21. The van der Waals surface area contributed by atoms with E-state index in [9.17, 15) is 12.8 Å². The largest absolute Gasteiger partial charge is 0.340 e. The highest BCUT2D eigenvalue weighted by atomic mass is 32.2. The number of hydrogen-bond acceptors (Lipinski definition) is 8. The molecule has 0 atom stereocenters. The molecule has 0 amide bonds. The molecule has 2 N–H and O–H groups in total. The Morgan fingerprint density at radius 2 is 1.76 bits per heavy atom. The SMILES string of the molecule is CC(C)CN1NN(OS(C)(=O)=O)c2ccc(-c3[nH]c(C(C)(C)C)nc3-c3ccc(F)cc3)nc21. The maximum atomic E-state index is 13.6. The molecule has 1 aromatic carbocycles. The van der Waals surface area contributed by atoms with E-state index in [1.807, 2.05) is 13.8 Å². The molecule has 9 nitrogen and oxygen atoms in total. The molecule has 3 aromatic rings. The molecule has 3 heterocycles. The zero-order valence-electron chi connectivity index (χ0n) is 20.0. The van der Waals surface area contributed by atoms with Crippen molar-refractivity contribution in [1.82, 2.24) is 20.5 Å². The number of hydrazine groups is 2. The van der Waals surface area contributed by atoms with Crippen molar-refractivity contribution in [1.29, 1.82) is 0 Å². The standard InChI is InChI=1S/C23H29FN6O3S/c1-14(2)13-29-21-18(30(28-29)33-34(6,31)32)12-11-17(25-21)20-19(15-7-9-16(24)10-8-15)26-22(27-20)23(3,4)5/h7-12,14,28H,13H2,1-6H3,(H,26,27). The molecule has 1 aliphatic rings. The average Bonchev–Trinajstić information content (AvgIpc) is 3.29. The third-order valence-electron chi connectivity index (χ3n) is 5.09. The van der Waals surface area contributed by atoms with Crippen molar-refractivity contribution >= 4 is 21.6 Å². The molecule has 2 aromatic heterocycles. The Balaban J connectivity index is 1.84. The lowest BCUT2D eigenvalue weighted by atomic mass is 9.96. The first kappa shape index (κ1) is 24.1. The molecule has 1 aliphatic heterocycles. The van der Waals surface area contributed by atoms with Crippen LogP contribution in [0.25, 0.3) is 22.6 Å². The number of hydrogen-bond donors (Lipinski definition) is 2. The molecule has 0 saturated carbocycles. The number of fused-ring (bicyclic) bond motifs is 1. The highest BCUT2D eigenvalue weighted by molar-refractivity contribution is 7.86. The number of nitrogens with one attached hydrogen (secondary N) is 2. The first-order chi connectivity index (χ1) is 15.8. The maximum Gasteiger partial charge on any atom is 0.286 e. The summed E-state index contributed by atoms with van der Waals surface area (Å²) in [5.74, 6) is 1.22. The van der Waals surface area contributed by atoms with Gasteiger partial charge in [0.1, 0.15) is 17.3 Å². The zero-order chi connectivity index (χ0) is 24.8. The van der Waals surface area contributed by atoms with E-state index in [2.05, 4.69) is 31.3 Å². The lowest BCUT2D eigenvalue weighted by molar-refractivity contribution is 0.249. The molecular formula is C23H29FN6O3S. The highest BCUT2D eigenvalue weighted by Crippen LogP contribution is 2.38. The normalized spacial score (nSPS) is 14.2. The Labute approximate surface area is 199 Å². The first-order valence-electron chi connectivity index (χ1n) is 10.9. The Morgan fingerprint density at radius 1 is 1.09 bits per heavy atom. The second kappa shape index (κ2) is 8.64. The molecule has 0 spiro atoms. The van der Waals surface area contributed by atoms with Gasteiger partial charge in [-0.1, -0.05) is 34.6 Å². The summed E-state index contributed by atoms with van der Waals surface area (Å²) in [6.07, 6.45) is 0.981. The molecule has 0 saturated heterocycles. The van der Waals surface area contributed by atoms with Crippen molar-refractivity contribution in [2.24, 2.45) is 5.92 Å². The fraction of sp³-hybridized carbons (Fsp3) is 0.391. The van der Waals surface area contributed by atoms with Gasteiger partial charge < -0.3 is 4.98 Å². The summed E-state index contributed by atoms with van der Waals surface area (Å²) in [6, 6.07) is 9.67. The molecule has 0 fully saturated rings. The van der Waals surface area contributed by atoms with Crippen LogP contribution in [0.4, 0.5) is 15.9 Å². The van der Waals surface area contributed by atoms with E-state index < -0.39 is 10.1 Å². The molecule has 34 heavy (non-hydrogen) atoms. The van der Waals surface area contributed by atoms with Gasteiger partial charge in [0.05, 0.1) is 23.3 Å². The number of pyridine rings is 1. The van der Waals surface area contributed by atoms with Gasteiger partial charge in [-0.3, -0.25) is 5.01 Å². The monoisotopic (exact) mass is 488 g/mol. The van der Waals surface area contributed by atoms with Crippen LogP contribution in [0, 0.1) is 11.7 Å². The van der Waals surface area contributed by atoms with E-state index in [1.54, 1.807) is 29.3 Å². The zero-order valence-corrected chi connectivity index (χ0v) is 20.9. The summed E-state index contributed by atoms with van der Waals surface area (Å²) in [6.45, 7) is 10.8. The summed E-state index contributed by atoms with van der Waals surface area (Å²) in [4.78, 5) is 13.1. The van der Waals surface area contributed by atoms with Crippen molar-refractivity contribution in [3.05, 3.63) is 48.0 Å². The summed E-state index contributed by atoms with van der Waals surface area (Å²) in [7, 11) is -3.76. The van der Waals surface area contributed by atoms with Crippen LogP contribution in [0.3, 0.4) is 0 Å². The summed E-state index contributed by atoms with van der Waals surface area (Å²) < 4.78 is 42.2. The molecule has 0 bridgehead atoms. The van der Waals surface area contributed by atoms with E-state index in [4.69, 9.17) is 14.3 Å². The Morgan fingerprint density at radius 3 is 2.35 bits per heavy atom. The molecule has 182 valence electrons. The fourth-order valence-electron chi connectivity index (χ4n) is 3.56. The fourth-order valence-corrected chi connectivity index (χ4v) is 3.95. The van der Waals surface area contributed by atoms with Gasteiger partial charge in [-0.25, -0.2) is 14.4 Å². The van der Waals surface area contributed by atoms with E-state index >= 15 is 0 Å². The Hall–Kier alpha value is -3.02. The summed E-state index contributed by atoms with van der Waals surface area (Å²) >= 11 is 0. The van der Waals surface area contributed by atoms with Gasteiger partial charge in [-0.05, 0) is 42.3 Å². The number of benzene rings is 1. The number of rotatable bonds is 6. The predicted molar refractivity (Wildman–Crippen MR) is 130 cm³/mol. The van der Waals surface area contributed by atoms with Gasteiger partial charge in [0.25, 0.3) is 10.1 Å². The van der Waals surface area contributed by atoms with Crippen molar-refractivity contribution in [3.8, 4) is 22.6 Å². The van der Waals surface area contributed by atoms with Crippen LogP contribution in [0.5, 0.6) is 0 Å². The van der Waals surface area contributed by atoms with Crippen molar-refractivity contribution < 1.29 is 17.1 Å². The van der Waals surface area contributed by atoms with Crippen molar-refractivity contribution in [3.63, 3.8) is 0 Å². The summed E-state index contributed by atoms with van der Waals surface area (Å²) in [5.41, 5.74) is 5.86. The van der Waals surface area contributed by atoms with Gasteiger partial charge in [0.2, 0.25) is 0 Å². The Bertz CT molecular complexity index is 1300.